The second-order valence-electron chi connectivity index (χ2n) is 5.67. The minimum atomic E-state index is -0.492. The van der Waals surface area contributed by atoms with Gasteiger partial charge in [0, 0.05) is 11.8 Å². The maximum Gasteiger partial charge on any atom is 0.311 e. The Bertz CT molecular complexity index is 300. The summed E-state index contributed by atoms with van der Waals surface area (Å²) in [5, 5.41) is 0. The van der Waals surface area contributed by atoms with E-state index in [2.05, 4.69) is 6.58 Å². The van der Waals surface area contributed by atoms with Crippen LogP contribution in [0, 0.1) is 17.3 Å². The summed E-state index contributed by atoms with van der Waals surface area (Å²) in [5.74, 6) is 0.000489. The lowest BCUT2D eigenvalue weighted by Gasteiger charge is -2.20. The van der Waals surface area contributed by atoms with Crippen LogP contribution < -0.4 is 0 Å². The van der Waals surface area contributed by atoms with Gasteiger partial charge in [0.2, 0.25) is 0 Å². The SMILES string of the molecule is C=C[C@@H]1CO[C@H](C=O)[C@@H]1CCOC(=O)C(C)(C)C. The first kappa shape index (κ1) is 14.9. The molecule has 102 valence electrons. The molecule has 0 aromatic rings. The minimum absolute atomic E-state index is 0.0627. The molecule has 1 aliphatic rings. The number of rotatable bonds is 5. The molecule has 0 aromatic heterocycles. The van der Waals surface area contributed by atoms with Crippen molar-refractivity contribution in [1.82, 2.24) is 0 Å². The first-order chi connectivity index (χ1) is 8.40. The van der Waals surface area contributed by atoms with E-state index in [-0.39, 0.29) is 17.8 Å². The van der Waals surface area contributed by atoms with Crippen molar-refractivity contribution in [3.05, 3.63) is 12.7 Å². The summed E-state index contributed by atoms with van der Waals surface area (Å²) < 4.78 is 10.6. The molecule has 18 heavy (non-hydrogen) atoms. The van der Waals surface area contributed by atoms with Gasteiger partial charge in [-0.25, -0.2) is 0 Å². The molecule has 0 bridgehead atoms. The van der Waals surface area contributed by atoms with Crippen LogP contribution in [0.25, 0.3) is 0 Å². The van der Waals surface area contributed by atoms with Crippen molar-refractivity contribution in [3.8, 4) is 0 Å². The maximum atomic E-state index is 11.6. The van der Waals surface area contributed by atoms with Crippen molar-refractivity contribution >= 4 is 12.3 Å². The van der Waals surface area contributed by atoms with Gasteiger partial charge in [-0.15, -0.1) is 6.58 Å². The Balaban J connectivity index is 2.44. The quantitative estimate of drug-likeness (QED) is 0.427. The smallest absolute Gasteiger partial charge is 0.311 e. The summed E-state index contributed by atoms with van der Waals surface area (Å²) in [6, 6.07) is 0. The Morgan fingerprint density at radius 1 is 1.50 bits per heavy atom. The van der Waals surface area contributed by atoms with E-state index < -0.39 is 11.5 Å². The third kappa shape index (κ3) is 3.67. The first-order valence-electron chi connectivity index (χ1n) is 6.27. The topological polar surface area (TPSA) is 52.6 Å². The highest BCUT2D eigenvalue weighted by molar-refractivity contribution is 5.75. The van der Waals surface area contributed by atoms with Crippen molar-refractivity contribution in [2.45, 2.75) is 33.3 Å². The minimum Gasteiger partial charge on any atom is -0.465 e. The summed E-state index contributed by atoms with van der Waals surface area (Å²) in [6.07, 6.45) is 2.85. The zero-order valence-electron chi connectivity index (χ0n) is 11.3. The zero-order chi connectivity index (χ0) is 13.8. The van der Waals surface area contributed by atoms with E-state index in [1.54, 1.807) is 6.08 Å². The molecule has 0 unspecified atom stereocenters. The highest BCUT2D eigenvalue weighted by Crippen LogP contribution is 2.30. The van der Waals surface area contributed by atoms with Crippen LogP contribution in [-0.4, -0.2) is 31.6 Å². The van der Waals surface area contributed by atoms with Crippen molar-refractivity contribution < 1.29 is 19.1 Å². The van der Waals surface area contributed by atoms with Crippen molar-refractivity contribution in [2.24, 2.45) is 17.3 Å². The standard InChI is InChI=1S/C14H22O4/c1-5-10-9-18-12(8-15)11(10)6-7-17-13(16)14(2,3)4/h5,8,10-12H,1,6-7,9H2,2-4H3/t10-,11-,12-/m1/s1. The van der Waals surface area contributed by atoms with Crippen LogP contribution in [0.5, 0.6) is 0 Å². The summed E-state index contributed by atoms with van der Waals surface area (Å²) >= 11 is 0. The fourth-order valence-electron chi connectivity index (χ4n) is 1.98. The molecule has 4 nitrogen and oxygen atoms in total. The lowest BCUT2D eigenvalue weighted by molar-refractivity contribution is -0.153. The largest absolute Gasteiger partial charge is 0.465 e. The molecule has 1 heterocycles. The summed E-state index contributed by atoms with van der Waals surface area (Å²) in [6.45, 7) is 10.0. The van der Waals surface area contributed by atoms with Gasteiger partial charge in [0.1, 0.15) is 12.4 Å². The normalized spacial score (nSPS) is 27.8. The van der Waals surface area contributed by atoms with E-state index in [0.717, 1.165) is 6.29 Å². The summed E-state index contributed by atoms with van der Waals surface area (Å²) in [4.78, 5) is 22.5. The molecule has 1 aliphatic heterocycles. The van der Waals surface area contributed by atoms with Crippen LogP contribution in [0.3, 0.4) is 0 Å². The molecule has 0 amide bonds. The molecule has 0 N–H and O–H groups in total. The van der Waals surface area contributed by atoms with Gasteiger partial charge >= 0.3 is 5.97 Å². The van der Waals surface area contributed by atoms with E-state index in [1.165, 1.54) is 0 Å². The Morgan fingerprint density at radius 3 is 2.67 bits per heavy atom. The number of aldehydes is 1. The highest BCUT2D eigenvalue weighted by atomic mass is 16.5. The van der Waals surface area contributed by atoms with E-state index in [9.17, 15) is 9.59 Å². The van der Waals surface area contributed by atoms with Crippen LogP contribution in [0.1, 0.15) is 27.2 Å². The highest BCUT2D eigenvalue weighted by Gasteiger charge is 2.35. The molecule has 1 fully saturated rings. The number of ether oxygens (including phenoxy) is 2. The van der Waals surface area contributed by atoms with Gasteiger partial charge in [-0.2, -0.15) is 0 Å². The third-order valence-corrected chi connectivity index (χ3v) is 3.19. The van der Waals surface area contributed by atoms with Crippen molar-refractivity contribution in [1.29, 1.82) is 0 Å². The average Bonchev–Trinajstić information content (AvgIpc) is 2.69. The van der Waals surface area contributed by atoms with Crippen LogP contribution >= 0.6 is 0 Å². The molecule has 3 atom stereocenters. The van der Waals surface area contributed by atoms with Crippen LogP contribution in [0.15, 0.2) is 12.7 Å². The van der Waals surface area contributed by atoms with E-state index in [0.29, 0.717) is 19.6 Å². The van der Waals surface area contributed by atoms with Gasteiger partial charge in [-0.05, 0) is 27.2 Å². The van der Waals surface area contributed by atoms with Crippen LogP contribution in [-0.2, 0) is 19.1 Å². The second kappa shape index (κ2) is 6.14. The summed E-state index contributed by atoms with van der Waals surface area (Å²) in [5.41, 5.74) is -0.492. The molecule has 0 aromatic carbocycles. The first-order valence-corrected chi connectivity index (χ1v) is 6.27. The Hall–Kier alpha value is -1.16. The Kier molecular flexibility index (Phi) is 5.08. The van der Waals surface area contributed by atoms with E-state index >= 15 is 0 Å². The average molecular weight is 254 g/mol. The number of carbonyl (C=O) groups excluding carboxylic acids is 2. The number of esters is 1. The second-order valence-corrected chi connectivity index (χ2v) is 5.67. The lowest BCUT2D eigenvalue weighted by atomic mass is 9.88. The Morgan fingerprint density at radius 2 is 2.17 bits per heavy atom. The molecule has 4 heteroatoms. The predicted molar refractivity (Wildman–Crippen MR) is 68.0 cm³/mol. The number of hydrogen-bond acceptors (Lipinski definition) is 4. The van der Waals surface area contributed by atoms with Gasteiger partial charge < -0.3 is 14.3 Å². The molecule has 1 saturated heterocycles. The van der Waals surface area contributed by atoms with Gasteiger partial charge in [-0.1, -0.05) is 6.08 Å². The maximum absolute atomic E-state index is 11.6. The van der Waals surface area contributed by atoms with Gasteiger partial charge in [0.05, 0.1) is 18.6 Å². The van der Waals surface area contributed by atoms with Crippen LogP contribution in [0.2, 0.25) is 0 Å². The van der Waals surface area contributed by atoms with Gasteiger partial charge in [0.25, 0.3) is 0 Å². The zero-order valence-corrected chi connectivity index (χ0v) is 11.3. The molecule has 0 aliphatic carbocycles. The van der Waals surface area contributed by atoms with Gasteiger partial charge in [0.15, 0.2) is 0 Å². The van der Waals surface area contributed by atoms with E-state index in [4.69, 9.17) is 9.47 Å². The van der Waals surface area contributed by atoms with Gasteiger partial charge in [-0.3, -0.25) is 4.79 Å². The van der Waals surface area contributed by atoms with Crippen molar-refractivity contribution in [2.75, 3.05) is 13.2 Å². The lowest BCUT2D eigenvalue weighted by Crippen LogP contribution is -2.26. The fourth-order valence-corrected chi connectivity index (χ4v) is 1.98. The molecular weight excluding hydrogens is 232 g/mol. The molecular formula is C14H22O4. The molecule has 1 rings (SSSR count). The van der Waals surface area contributed by atoms with Crippen molar-refractivity contribution in [3.63, 3.8) is 0 Å². The number of carbonyl (C=O) groups is 2. The monoisotopic (exact) mass is 254 g/mol. The van der Waals surface area contributed by atoms with Crippen LogP contribution in [0.4, 0.5) is 0 Å². The summed E-state index contributed by atoms with van der Waals surface area (Å²) in [7, 11) is 0. The van der Waals surface area contributed by atoms with E-state index in [1.807, 2.05) is 20.8 Å². The predicted octanol–water partition coefficient (Wildman–Crippen LogP) is 1.98. The molecule has 0 saturated carbocycles. The molecule has 0 spiro atoms. The molecule has 0 radical (unpaired) electrons. The third-order valence-electron chi connectivity index (χ3n) is 3.19. The Labute approximate surface area is 108 Å². The number of hydrogen-bond donors (Lipinski definition) is 0. The fraction of sp³-hybridized carbons (Fsp3) is 0.714.